The molecule has 3 N–H and O–H groups in total. The summed E-state index contributed by atoms with van der Waals surface area (Å²) >= 11 is 5.92. The van der Waals surface area contributed by atoms with Gasteiger partial charge < -0.3 is 11.1 Å². The Kier molecular flexibility index (Phi) is 5.72. The molecular weight excluding hydrogens is 361 g/mol. The molecule has 0 spiro atoms. The number of benzene rings is 1. The van der Waals surface area contributed by atoms with E-state index in [1.165, 1.54) is 24.8 Å². The molecule has 18 heavy (non-hydrogen) atoms. The predicted molar refractivity (Wildman–Crippen MR) is 87.9 cm³/mol. The van der Waals surface area contributed by atoms with Gasteiger partial charge >= 0.3 is 0 Å². The summed E-state index contributed by atoms with van der Waals surface area (Å²) in [6.07, 6.45) is 3.66. The molecule has 1 fully saturated rings. The number of hydrogen-bond acceptors (Lipinski definition) is 1. The molecule has 3 nitrogen and oxygen atoms in total. The number of nitrogens with zero attached hydrogens (tertiary/aromatic N) is 1. The summed E-state index contributed by atoms with van der Waals surface area (Å²) < 4.78 is 0. The Morgan fingerprint density at radius 1 is 1.39 bits per heavy atom. The van der Waals surface area contributed by atoms with E-state index in [2.05, 4.69) is 22.4 Å². The van der Waals surface area contributed by atoms with Gasteiger partial charge in [-0.2, -0.15) is 0 Å². The molecule has 0 aliphatic heterocycles. The molecule has 0 amide bonds. The molecular formula is C13H19ClIN3. The minimum atomic E-state index is 0. The summed E-state index contributed by atoms with van der Waals surface area (Å²) in [4.78, 5) is 3.92. The maximum absolute atomic E-state index is 5.92. The normalized spacial score (nSPS) is 17.6. The highest BCUT2D eigenvalue weighted by Gasteiger charge is 2.38. The summed E-state index contributed by atoms with van der Waals surface area (Å²) in [5, 5.41) is 3.97. The van der Waals surface area contributed by atoms with Gasteiger partial charge in [0.25, 0.3) is 0 Å². The molecule has 0 saturated heterocycles. The highest BCUT2D eigenvalue weighted by atomic mass is 127. The van der Waals surface area contributed by atoms with Crippen LogP contribution in [-0.2, 0) is 5.41 Å². The number of hydrogen-bond donors (Lipinski definition) is 2. The van der Waals surface area contributed by atoms with Crippen molar-refractivity contribution in [2.45, 2.75) is 24.7 Å². The van der Waals surface area contributed by atoms with Crippen LogP contribution in [0, 0.1) is 0 Å². The topological polar surface area (TPSA) is 50.4 Å². The molecule has 1 aliphatic rings. The molecule has 100 valence electrons. The fraction of sp³-hybridized carbons (Fsp3) is 0.462. The van der Waals surface area contributed by atoms with Gasteiger partial charge in [0.05, 0.1) is 0 Å². The Hall–Kier alpha value is -0.490. The summed E-state index contributed by atoms with van der Waals surface area (Å²) in [5.74, 6) is 0.505. The van der Waals surface area contributed by atoms with Gasteiger partial charge in [0, 0.05) is 24.0 Å². The lowest BCUT2D eigenvalue weighted by molar-refractivity contribution is 0.244. The molecule has 1 aliphatic carbocycles. The van der Waals surface area contributed by atoms with E-state index in [0.717, 1.165) is 11.6 Å². The Morgan fingerprint density at radius 3 is 2.44 bits per heavy atom. The lowest BCUT2D eigenvalue weighted by Gasteiger charge is -2.42. The monoisotopic (exact) mass is 379 g/mol. The quantitative estimate of drug-likeness (QED) is 0.482. The molecule has 0 radical (unpaired) electrons. The van der Waals surface area contributed by atoms with Crippen LogP contribution >= 0.6 is 35.6 Å². The second-order valence-corrected chi connectivity index (χ2v) is 5.04. The molecule has 0 atom stereocenters. The number of halogens is 2. The number of nitrogens with two attached hydrogens (primary N) is 1. The van der Waals surface area contributed by atoms with E-state index in [0.29, 0.717) is 5.96 Å². The van der Waals surface area contributed by atoms with Crippen molar-refractivity contribution in [3.8, 4) is 0 Å². The van der Waals surface area contributed by atoms with Crippen LogP contribution in [0.15, 0.2) is 29.3 Å². The number of aliphatic imine (C=N–C) groups is 1. The van der Waals surface area contributed by atoms with Crippen molar-refractivity contribution in [3.05, 3.63) is 34.9 Å². The molecule has 5 heteroatoms. The van der Waals surface area contributed by atoms with E-state index in [1.54, 1.807) is 7.05 Å². The zero-order valence-corrected chi connectivity index (χ0v) is 13.5. The van der Waals surface area contributed by atoms with Gasteiger partial charge in [-0.15, -0.1) is 24.0 Å². The van der Waals surface area contributed by atoms with Gasteiger partial charge in [-0.1, -0.05) is 30.2 Å². The SMILES string of the molecule is CN=C(N)NCC1(c2ccc(Cl)cc2)CCC1.I. The van der Waals surface area contributed by atoms with Crippen LogP contribution in [0.5, 0.6) is 0 Å². The largest absolute Gasteiger partial charge is 0.370 e. The minimum Gasteiger partial charge on any atom is -0.370 e. The van der Waals surface area contributed by atoms with Crippen LogP contribution in [0.3, 0.4) is 0 Å². The third-order valence-electron chi connectivity index (χ3n) is 3.62. The molecule has 0 bridgehead atoms. The Balaban J connectivity index is 0.00000162. The first-order valence-corrected chi connectivity index (χ1v) is 6.26. The van der Waals surface area contributed by atoms with Gasteiger partial charge in [-0.05, 0) is 30.5 Å². The van der Waals surface area contributed by atoms with Crippen molar-refractivity contribution in [1.82, 2.24) is 5.32 Å². The van der Waals surface area contributed by atoms with Crippen molar-refractivity contribution in [2.75, 3.05) is 13.6 Å². The Morgan fingerprint density at radius 2 is 2.00 bits per heavy atom. The van der Waals surface area contributed by atoms with E-state index < -0.39 is 0 Å². The third kappa shape index (κ3) is 3.29. The van der Waals surface area contributed by atoms with Crippen LogP contribution in [0.1, 0.15) is 24.8 Å². The predicted octanol–water partition coefficient (Wildman–Crippen LogP) is 2.91. The average Bonchev–Trinajstić information content (AvgIpc) is 2.29. The van der Waals surface area contributed by atoms with Gasteiger partial charge in [-0.3, -0.25) is 4.99 Å². The van der Waals surface area contributed by atoms with Crippen molar-refractivity contribution in [2.24, 2.45) is 10.7 Å². The second kappa shape index (κ2) is 6.61. The molecule has 1 aromatic rings. The molecule has 1 aromatic carbocycles. The van der Waals surface area contributed by atoms with Gasteiger partial charge in [0.15, 0.2) is 5.96 Å². The van der Waals surface area contributed by atoms with Crippen LogP contribution in [0.25, 0.3) is 0 Å². The second-order valence-electron chi connectivity index (χ2n) is 4.60. The smallest absolute Gasteiger partial charge is 0.188 e. The third-order valence-corrected chi connectivity index (χ3v) is 3.87. The molecule has 0 heterocycles. The highest BCUT2D eigenvalue weighted by Crippen LogP contribution is 2.43. The zero-order chi connectivity index (χ0) is 12.3. The average molecular weight is 380 g/mol. The molecule has 0 unspecified atom stereocenters. The maximum Gasteiger partial charge on any atom is 0.188 e. The van der Waals surface area contributed by atoms with Gasteiger partial charge in [-0.25, -0.2) is 0 Å². The number of nitrogens with one attached hydrogen (secondary N) is 1. The molecule has 2 rings (SSSR count). The van der Waals surface area contributed by atoms with Crippen molar-refractivity contribution in [1.29, 1.82) is 0 Å². The maximum atomic E-state index is 5.92. The van der Waals surface area contributed by atoms with Crippen LogP contribution in [0.4, 0.5) is 0 Å². The van der Waals surface area contributed by atoms with Crippen LogP contribution < -0.4 is 11.1 Å². The summed E-state index contributed by atoms with van der Waals surface area (Å²) in [5.41, 5.74) is 7.22. The van der Waals surface area contributed by atoms with E-state index in [4.69, 9.17) is 17.3 Å². The summed E-state index contributed by atoms with van der Waals surface area (Å²) in [6.45, 7) is 0.845. The first-order valence-electron chi connectivity index (χ1n) is 5.88. The number of rotatable bonds is 3. The van der Waals surface area contributed by atoms with Crippen molar-refractivity contribution >= 4 is 41.5 Å². The lowest BCUT2D eigenvalue weighted by atomic mass is 9.64. The van der Waals surface area contributed by atoms with Crippen molar-refractivity contribution in [3.63, 3.8) is 0 Å². The van der Waals surface area contributed by atoms with E-state index in [9.17, 15) is 0 Å². The van der Waals surface area contributed by atoms with E-state index in [1.807, 2.05) is 12.1 Å². The van der Waals surface area contributed by atoms with Gasteiger partial charge in [0.1, 0.15) is 0 Å². The van der Waals surface area contributed by atoms with E-state index in [-0.39, 0.29) is 29.4 Å². The van der Waals surface area contributed by atoms with Crippen molar-refractivity contribution < 1.29 is 0 Å². The Labute approximate surface area is 130 Å². The molecule has 0 aromatic heterocycles. The van der Waals surface area contributed by atoms with Crippen LogP contribution in [0.2, 0.25) is 5.02 Å². The summed E-state index contributed by atoms with van der Waals surface area (Å²) in [7, 11) is 1.69. The van der Waals surface area contributed by atoms with Crippen LogP contribution in [-0.4, -0.2) is 19.6 Å². The minimum absolute atomic E-state index is 0. The lowest BCUT2D eigenvalue weighted by Crippen LogP contribution is -2.47. The zero-order valence-electron chi connectivity index (χ0n) is 10.4. The standard InChI is InChI=1S/C13H18ClN3.HI/c1-16-12(15)17-9-13(7-2-8-13)10-3-5-11(14)6-4-10;/h3-6H,2,7-9H2,1H3,(H3,15,16,17);1H. The highest BCUT2D eigenvalue weighted by molar-refractivity contribution is 14.0. The van der Waals surface area contributed by atoms with Gasteiger partial charge in [0.2, 0.25) is 0 Å². The fourth-order valence-electron chi connectivity index (χ4n) is 2.31. The van der Waals surface area contributed by atoms with E-state index >= 15 is 0 Å². The summed E-state index contributed by atoms with van der Waals surface area (Å²) in [6, 6.07) is 8.13. The number of guanidine groups is 1. The molecule has 1 saturated carbocycles. The Bertz CT molecular complexity index is 413. The first-order chi connectivity index (χ1) is 8.16. The fourth-order valence-corrected chi connectivity index (χ4v) is 2.44. The first kappa shape index (κ1) is 15.6.